The molecule has 0 N–H and O–H groups in total. The average Bonchev–Trinajstić information content (AvgIpc) is 2.87. The van der Waals surface area contributed by atoms with Crippen molar-refractivity contribution in [3.05, 3.63) is 17.6 Å². The van der Waals surface area contributed by atoms with Crippen LogP contribution in [-0.4, -0.2) is 52.2 Å². The number of carbonyl (C=O) groups excluding carboxylic acids is 1. The van der Waals surface area contributed by atoms with E-state index in [-0.39, 0.29) is 12.1 Å². The van der Waals surface area contributed by atoms with Gasteiger partial charge in [0.15, 0.2) is 0 Å². The van der Waals surface area contributed by atoms with Gasteiger partial charge in [-0.3, -0.25) is 0 Å². The Morgan fingerprint density at radius 2 is 2.04 bits per heavy atom. The van der Waals surface area contributed by atoms with E-state index in [1.807, 2.05) is 32.5 Å². The van der Waals surface area contributed by atoms with Crippen molar-refractivity contribution in [3.63, 3.8) is 0 Å². The van der Waals surface area contributed by atoms with Gasteiger partial charge in [-0.05, 0) is 34.6 Å². The lowest BCUT2D eigenvalue weighted by atomic mass is 10.1. The molecule has 0 bridgehead atoms. The summed E-state index contributed by atoms with van der Waals surface area (Å²) in [6.07, 6.45) is 1.44. The van der Waals surface area contributed by atoms with Gasteiger partial charge in [-0.15, -0.1) is 11.8 Å². The van der Waals surface area contributed by atoms with Gasteiger partial charge in [0.1, 0.15) is 17.7 Å². The number of hydrogen-bond acceptors (Lipinski definition) is 6. The zero-order valence-corrected chi connectivity index (χ0v) is 15.9. The van der Waals surface area contributed by atoms with Crippen LogP contribution in [0.5, 0.6) is 0 Å². The number of anilines is 1. The molecule has 1 fully saturated rings. The number of aromatic nitrogens is 2. The number of rotatable bonds is 1. The fraction of sp³-hybridized carbons (Fsp3) is 0.706. The zero-order chi connectivity index (χ0) is 17.5. The molecule has 0 spiro atoms. The summed E-state index contributed by atoms with van der Waals surface area (Å²) in [5.74, 6) is 1.99. The molecule has 2 aliphatic heterocycles. The number of thioether (sulfide) groups is 1. The highest BCUT2D eigenvalue weighted by atomic mass is 32.2. The van der Waals surface area contributed by atoms with Gasteiger partial charge in [-0.25, -0.2) is 14.8 Å². The summed E-state index contributed by atoms with van der Waals surface area (Å²) >= 11 is 1.90. The van der Waals surface area contributed by atoms with Gasteiger partial charge in [-0.1, -0.05) is 0 Å². The highest BCUT2D eigenvalue weighted by Crippen LogP contribution is 2.44. The fourth-order valence-corrected chi connectivity index (χ4v) is 4.28. The molecule has 132 valence electrons. The Hall–Kier alpha value is -1.50. The van der Waals surface area contributed by atoms with E-state index in [9.17, 15) is 4.79 Å². The molecule has 6 nitrogen and oxygen atoms in total. The van der Waals surface area contributed by atoms with Crippen LogP contribution in [0.2, 0.25) is 0 Å². The van der Waals surface area contributed by atoms with E-state index in [1.54, 1.807) is 11.2 Å². The smallest absolute Gasteiger partial charge is 0.410 e. The molecule has 0 aromatic carbocycles. The molecule has 3 heterocycles. The number of ether oxygens (including phenoxy) is 1. The maximum absolute atomic E-state index is 12.3. The molecular formula is C17H26N4O2S. The summed E-state index contributed by atoms with van der Waals surface area (Å²) in [7, 11) is 0. The Morgan fingerprint density at radius 1 is 1.29 bits per heavy atom. The van der Waals surface area contributed by atoms with Crippen LogP contribution in [0.4, 0.5) is 10.6 Å². The molecule has 7 heteroatoms. The minimum atomic E-state index is -0.461. The summed E-state index contributed by atoms with van der Waals surface area (Å²) < 4.78 is 5.50. The first-order valence-corrected chi connectivity index (χ1v) is 9.51. The number of amides is 1. The Bertz CT molecular complexity index is 632. The Kier molecular flexibility index (Phi) is 4.64. The van der Waals surface area contributed by atoms with Gasteiger partial charge in [0.2, 0.25) is 0 Å². The summed E-state index contributed by atoms with van der Waals surface area (Å²) in [4.78, 5) is 25.4. The number of carbonyl (C=O) groups is 1. The maximum atomic E-state index is 12.3. The lowest BCUT2D eigenvalue weighted by molar-refractivity contribution is 0.0218. The van der Waals surface area contributed by atoms with Crippen LogP contribution in [-0.2, 0) is 10.5 Å². The highest BCUT2D eigenvalue weighted by molar-refractivity contribution is 7.99. The Labute approximate surface area is 148 Å². The van der Waals surface area contributed by atoms with E-state index in [0.717, 1.165) is 23.8 Å². The van der Waals surface area contributed by atoms with E-state index in [2.05, 4.69) is 28.7 Å². The third-order valence-corrected chi connectivity index (χ3v) is 5.55. The third-order valence-electron chi connectivity index (χ3n) is 4.37. The molecule has 0 radical (unpaired) electrons. The molecule has 1 aromatic heterocycles. The molecule has 1 saturated heterocycles. The predicted molar refractivity (Wildman–Crippen MR) is 96.4 cm³/mol. The van der Waals surface area contributed by atoms with Crippen molar-refractivity contribution in [1.29, 1.82) is 0 Å². The van der Waals surface area contributed by atoms with Crippen molar-refractivity contribution in [2.45, 2.75) is 57.3 Å². The Morgan fingerprint density at radius 3 is 2.71 bits per heavy atom. The molecule has 0 aliphatic carbocycles. The Balaban J connectivity index is 1.74. The van der Waals surface area contributed by atoms with Crippen molar-refractivity contribution in [3.8, 4) is 0 Å². The van der Waals surface area contributed by atoms with Crippen LogP contribution >= 0.6 is 11.8 Å². The minimum Gasteiger partial charge on any atom is -0.444 e. The van der Waals surface area contributed by atoms with Gasteiger partial charge in [0.05, 0.1) is 5.69 Å². The molecule has 1 aromatic rings. The minimum absolute atomic E-state index is 0.197. The summed E-state index contributed by atoms with van der Waals surface area (Å²) in [6, 6.07) is 0.197. The SMILES string of the molecule is CC1CN(C(=O)OC(C)(C)C)CCN1c1ncnc2c1[C@@H](C)SC2. The monoisotopic (exact) mass is 350 g/mol. The summed E-state index contributed by atoms with van der Waals surface area (Å²) in [5.41, 5.74) is 1.96. The molecular weight excluding hydrogens is 324 g/mol. The second kappa shape index (κ2) is 6.43. The van der Waals surface area contributed by atoms with Crippen LogP contribution in [0, 0.1) is 0 Å². The molecule has 1 unspecified atom stereocenters. The van der Waals surface area contributed by atoms with Crippen LogP contribution in [0.15, 0.2) is 6.33 Å². The van der Waals surface area contributed by atoms with Gasteiger partial charge < -0.3 is 14.5 Å². The van der Waals surface area contributed by atoms with Crippen LogP contribution < -0.4 is 4.90 Å². The lowest BCUT2D eigenvalue weighted by Gasteiger charge is -2.41. The zero-order valence-electron chi connectivity index (χ0n) is 15.1. The van der Waals surface area contributed by atoms with Crippen molar-refractivity contribution in [2.75, 3.05) is 24.5 Å². The van der Waals surface area contributed by atoms with Crippen molar-refractivity contribution < 1.29 is 9.53 Å². The van der Waals surface area contributed by atoms with E-state index >= 15 is 0 Å². The van der Waals surface area contributed by atoms with Gasteiger partial charge in [0, 0.05) is 42.2 Å². The second-order valence-corrected chi connectivity index (χ2v) is 8.81. The van der Waals surface area contributed by atoms with Crippen LogP contribution in [0.25, 0.3) is 0 Å². The van der Waals surface area contributed by atoms with Gasteiger partial charge in [-0.2, -0.15) is 0 Å². The molecule has 2 atom stereocenters. The largest absolute Gasteiger partial charge is 0.444 e. The number of piperazine rings is 1. The number of nitrogens with zero attached hydrogens (tertiary/aromatic N) is 4. The normalized spacial score (nSPS) is 24.0. The molecule has 0 saturated carbocycles. The summed E-state index contributed by atoms with van der Waals surface area (Å²) in [6.45, 7) is 12.1. The first kappa shape index (κ1) is 17.3. The number of fused-ring (bicyclic) bond motifs is 1. The topological polar surface area (TPSA) is 58.6 Å². The summed E-state index contributed by atoms with van der Waals surface area (Å²) in [5, 5.41) is 0.423. The number of hydrogen-bond donors (Lipinski definition) is 0. The van der Waals surface area contributed by atoms with E-state index in [4.69, 9.17) is 4.74 Å². The van der Waals surface area contributed by atoms with Gasteiger partial charge in [0.25, 0.3) is 0 Å². The molecule has 24 heavy (non-hydrogen) atoms. The van der Waals surface area contributed by atoms with Gasteiger partial charge >= 0.3 is 6.09 Å². The van der Waals surface area contributed by atoms with Crippen molar-refractivity contribution >= 4 is 23.7 Å². The van der Waals surface area contributed by atoms with Crippen LogP contribution in [0.3, 0.4) is 0 Å². The molecule has 1 amide bonds. The van der Waals surface area contributed by atoms with Crippen LogP contribution in [0.1, 0.15) is 51.1 Å². The second-order valence-electron chi connectivity index (χ2n) is 7.48. The standard InChI is InChI=1S/C17H26N4O2S/c1-11-8-20(16(22)23-17(3,4)5)6-7-21(11)15-14-12(2)24-9-13(14)18-10-19-15/h10-12H,6-9H2,1-5H3/t11?,12-/m1/s1. The molecule has 3 rings (SSSR count). The first-order chi connectivity index (χ1) is 11.3. The van der Waals surface area contributed by atoms with E-state index < -0.39 is 5.60 Å². The fourth-order valence-electron chi connectivity index (χ4n) is 3.23. The average molecular weight is 350 g/mol. The van der Waals surface area contributed by atoms with E-state index in [1.165, 1.54) is 5.56 Å². The third kappa shape index (κ3) is 3.45. The quantitative estimate of drug-likeness (QED) is 0.775. The lowest BCUT2D eigenvalue weighted by Crippen LogP contribution is -2.55. The van der Waals surface area contributed by atoms with E-state index in [0.29, 0.717) is 18.3 Å². The molecule has 2 aliphatic rings. The van der Waals surface area contributed by atoms with Crippen molar-refractivity contribution in [2.24, 2.45) is 0 Å². The predicted octanol–water partition coefficient (Wildman–Crippen LogP) is 3.23. The van der Waals surface area contributed by atoms with Crippen molar-refractivity contribution in [1.82, 2.24) is 14.9 Å². The highest BCUT2D eigenvalue weighted by Gasteiger charge is 2.34. The maximum Gasteiger partial charge on any atom is 0.410 e. The first-order valence-electron chi connectivity index (χ1n) is 8.46.